The highest BCUT2D eigenvalue weighted by Crippen LogP contribution is 2.33. The molecule has 1 fully saturated rings. The lowest BCUT2D eigenvalue weighted by Crippen LogP contribution is -2.45. The Morgan fingerprint density at radius 2 is 2.04 bits per heavy atom. The van der Waals surface area contributed by atoms with Crippen LogP contribution >= 0.6 is 24.0 Å². The Balaban J connectivity index is 1.79. The van der Waals surface area contributed by atoms with Gasteiger partial charge in [-0.05, 0) is 29.8 Å². The molecule has 2 aromatic rings. The Labute approximate surface area is 160 Å². The van der Waals surface area contributed by atoms with Gasteiger partial charge in [-0.25, -0.2) is 4.79 Å². The number of benzene rings is 1. The quantitative estimate of drug-likeness (QED) is 0.603. The predicted octanol–water partition coefficient (Wildman–Crippen LogP) is 3.73. The third-order valence-corrected chi connectivity index (χ3v) is 5.09. The summed E-state index contributed by atoms with van der Waals surface area (Å²) in [6.07, 6.45) is 6.75. The fraction of sp³-hybridized carbons (Fsp3) is 0.105. The zero-order valence-electron chi connectivity index (χ0n) is 13.6. The maximum Gasteiger partial charge on any atom is 0.327 e. The van der Waals surface area contributed by atoms with E-state index in [-0.39, 0.29) is 10.7 Å². The monoisotopic (exact) mass is 385 g/mol. The van der Waals surface area contributed by atoms with Crippen molar-refractivity contribution in [3.63, 3.8) is 0 Å². The van der Waals surface area contributed by atoms with Crippen LogP contribution in [0.1, 0.15) is 11.3 Å². The van der Waals surface area contributed by atoms with Gasteiger partial charge in [-0.3, -0.25) is 9.69 Å². The Hall–Kier alpha value is -2.64. The average molecular weight is 385 g/mol. The SMILES string of the molecule is O=C(O)C(Cc1ccccc1)N1C(=O)C(=CC=Cc2ccco2)SC1=S. The van der Waals surface area contributed by atoms with E-state index >= 15 is 0 Å². The van der Waals surface area contributed by atoms with Crippen LogP contribution in [0.4, 0.5) is 0 Å². The number of carbonyl (C=O) groups is 2. The van der Waals surface area contributed by atoms with Crippen molar-refractivity contribution < 1.29 is 19.1 Å². The highest BCUT2D eigenvalue weighted by Gasteiger charge is 2.40. The van der Waals surface area contributed by atoms with Crippen molar-refractivity contribution in [2.24, 2.45) is 0 Å². The van der Waals surface area contributed by atoms with E-state index in [1.807, 2.05) is 30.3 Å². The molecule has 1 N–H and O–H groups in total. The van der Waals surface area contributed by atoms with Crippen molar-refractivity contribution in [1.29, 1.82) is 0 Å². The van der Waals surface area contributed by atoms with Gasteiger partial charge in [0.2, 0.25) is 0 Å². The zero-order valence-corrected chi connectivity index (χ0v) is 15.2. The van der Waals surface area contributed by atoms with Gasteiger partial charge in [0, 0.05) is 6.42 Å². The van der Waals surface area contributed by atoms with Crippen LogP contribution in [-0.2, 0) is 16.0 Å². The largest absolute Gasteiger partial charge is 0.480 e. The van der Waals surface area contributed by atoms with Gasteiger partial charge in [-0.1, -0.05) is 60.4 Å². The number of thiocarbonyl (C=S) groups is 1. The number of hydrogen-bond donors (Lipinski definition) is 1. The van der Waals surface area contributed by atoms with Crippen molar-refractivity contribution in [3.8, 4) is 0 Å². The number of carboxylic acids is 1. The molecule has 5 nitrogen and oxygen atoms in total. The van der Waals surface area contributed by atoms with Crippen LogP contribution in [-0.4, -0.2) is 32.2 Å². The molecular weight excluding hydrogens is 370 g/mol. The van der Waals surface area contributed by atoms with Crippen molar-refractivity contribution in [2.75, 3.05) is 0 Å². The van der Waals surface area contributed by atoms with E-state index < -0.39 is 17.9 Å². The molecule has 1 saturated heterocycles. The minimum absolute atomic E-state index is 0.193. The number of aliphatic carboxylic acids is 1. The topological polar surface area (TPSA) is 70.8 Å². The Morgan fingerprint density at radius 1 is 1.27 bits per heavy atom. The number of carboxylic acid groups (broad SMARTS) is 1. The number of rotatable bonds is 6. The van der Waals surface area contributed by atoms with E-state index in [1.165, 1.54) is 4.90 Å². The van der Waals surface area contributed by atoms with Gasteiger partial charge < -0.3 is 9.52 Å². The molecule has 0 aliphatic carbocycles. The van der Waals surface area contributed by atoms with E-state index in [9.17, 15) is 14.7 Å². The average Bonchev–Trinajstić information content (AvgIpc) is 3.23. The molecule has 26 heavy (non-hydrogen) atoms. The van der Waals surface area contributed by atoms with Crippen molar-refractivity contribution in [1.82, 2.24) is 4.90 Å². The molecule has 1 aromatic carbocycles. The summed E-state index contributed by atoms with van der Waals surface area (Å²) in [6, 6.07) is 11.7. The summed E-state index contributed by atoms with van der Waals surface area (Å²) in [5.74, 6) is -0.825. The molecule has 132 valence electrons. The van der Waals surface area contributed by atoms with Crippen LogP contribution in [0.5, 0.6) is 0 Å². The maximum absolute atomic E-state index is 12.7. The highest BCUT2D eigenvalue weighted by atomic mass is 32.2. The van der Waals surface area contributed by atoms with E-state index in [4.69, 9.17) is 16.6 Å². The second kappa shape index (κ2) is 8.16. The fourth-order valence-corrected chi connectivity index (χ4v) is 3.81. The Kier molecular flexibility index (Phi) is 5.70. The molecule has 3 rings (SSSR count). The summed E-state index contributed by atoms with van der Waals surface area (Å²) in [4.78, 5) is 26.0. The molecule has 7 heteroatoms. The van der Waals surface area contributed by atoms with Crippen molar-refractivity contribution in [2.45, 2.75) is 12.5 Å². The molecule has 1 unspecified atom stereocenters. The standard InChI is InChI=1S/C19H15NO4S2/c21-17-16(10-4-8-14-9-5-11-24-14)26-19(25)20(17)15(18(22)23)12-13-6-2-1-3-7-13/h1-11,15H,12H2,(H,22,23). The second-order valence-corrected chi connectivity index (χ2v) is 7.17. The van der Waals surface area contributed by atoms with Crippen LogP contribution in [0.15, 0.2) is 70.2 Å². The normalized spacial score (nSPS) is 17.4. The molecular formula is C19H15NO4S2. The van der Waals surface area contributed by atoms with Gasteiger partial charge in [0.1, 0.15) is 16.1 Å². The first-order valence-electron chi connectivity index (χ1n) is 7.80. The Bertz CT molecular complexity index is 872. The summed E-state index contributed by atoms with van der Waals surface area (Å²) in [5, 5.41) is 9.61. The molecule has 1 amide bonds. The lowest BCUT2D eigenvalue weighted by Gasteiger charge is -2.23. The van der Waals surface area contributed by atoms with Crippen LogP contribution in [0.2, 0.25) is 0 Å². The number of allylic oxidation sites excluding steroid dienone is 2. The van der Waals surface area contributed by atoms with Gasteiger partial charge in [0.05, 0.1) is 11.2 Å². The van der Waals surface area contributed by atoms with Gasteiger partial charge in [-0.2, -0.15) is 0 Å². The summed E-state index contributed by atoms with van der Waals surface area (Å²) in [7, 11) is 0. The molecule has 1 aromatic heterocycles. The summed E-state index contributed by atoms with van der Waals surface area (Å²) in [5.41, 5.74) is 0.829. The number of thioether (sulfide) groups is 1. The van der Waals surface area contributed by atoms with Crippen LogP contribution in [0.25, 0.3) is 6.08 Å². The lowest BCUT2D eigenvalue weighted by molar-refractivity contribution is -0.145. The molecule has 1 aliphatic heterocycles. The highest BCUT2D eigenvalue weighted by molar-refractivity contribution is 8.26. The number of furan rings is 1. The zero-order chi connectivity index (χ0) is 18.5. The fourth-order valence-electron chi connectivity index (χ4n) is 2.51. The third-order valence-electron chi connectivity index (χ3n) is 3.74. The van der Waals surface area contributed by atoms with Crippen molar-refractivity contribution >= 4 is 46.3 Å². The number of nitrogens with zero attached hydrogens (tertiary/aromatic N) is 1. The first-order chi connectivity index (χ1) is 12.6. The molecule has 0 bridgehead atoms. The van der Waals surface area contributed by atoms with E-state index in [2.05, 4.69) is 0 Å². The van der Waals surface area contributed by atoms with Crippen molar-refractivity contribution in [3.05, 3.63) is 77.1 Å². The molecule has 0 saturated carbocycles. The van der Waals surface area contributed by atoms with E-state index in [0.29, 0.717) is 10.7 Å². The number of amides is 1. The number of carbonyl (C=O) groups excluding carboxylic acids is 1. The van der Waals surface area contributed by atoms with Crippen LogP contribution in [0, 0.1) is 0 Å². The first-order valence-corrected chi connectivity index (χ1v) is 9.02. The Morgan fingerprint density at radius 3 is 2.69 bits per heavy atom. The summed E-state index contributed by atoms with van der Waals surface area (Å²) >= 11 is 6.36. The molecule has 1 aliphatic rings. The number of hydrogen-bond acceptors (Lipinski definition) is 5. The smallest absolute Gasteiger partial charge is 0.327 e. The minimum atomic E-state index is -1.09. The van der Waals surface area contributed by atoms with E-state index in [1.54, 1.807) is 36.6 Å². The molecule has 1 atom stereocenters. The first kappa shape index (κ1) is 18.2. The predicted molar refractivity (Wildman–Crippen MR) is 104 cm³/mol. The molecule has 2 heterocycles. The second-order valence-electron chi connectivity index (χ2n) is 5.49. The van der Waals surface area contributed by atoms with Gasteiger partial charge in [0.25, 0.3) is 5.91 Å². The lowest BCUT2D eigenvalue weighted by atomic mass is 10.0. The molecule has 0 radical (unpaired) electrons. The van der Waals surface area contributed by atoms with E-state index in [0.717, 1.165) is 17.3 Å². The summed E-state index contributed by atoms with van der Waals surface area (Å²) in [6.45, 7) is 0. The van der Waals surface area contributed by atoms with Crippen LogP contribution in [0.3, 0.4) is 0 Å². The minimum Gasteiger partial charge on any atom is -0.480 e. The van der Waals surface area contributed by atoms with Gasteiger partial charge in [-0.15, -0.1) is 0 Å². The molecule has 0 spiro atoms. The van der Waals surface area contributed by atoms with Crippen LogP contribution < -0.4 is 0 Å². The maximum atomic E-state index is 12.7. The third kappa shape index (κ3) is 4.12. The summed E-state index contributed by atoms with van der Waals surface area (Å²) < 4.78 is 5.43. The van der Waals surface area contributed by atoms with Gasteiger partial charge in [0.15, 0.2) is 0 Å². The van der Waals surface area contributed by atoms with Gasteiger partial charge >= 0.3 is 5.97 Å².